The third-order valence-corrected chi connectivity index (χ3v) is 0.817. The maximum absolute atomic E-state index is 11.3. The van der Waals surface area contributed by atoms with Gasteiger partial charge in [0.15, 0.2) is 0 Å². The van der Waals surface area contributed by atoms with Gasteiger partial charge in [0.05, 0.1) is 6.67 Å². The molecule has 0 rings (SSSR count). The van der Waals surface area contributed by atoms with Gasteiger partial charge in [-0.3, -0.25) is 4.39 Å². The fourth-order valence-electron chi connectivity index (χ4n) is 0.401. The smallest absolute Gasteiger partial charge is 0.0895 e. The standard InChI is InChI=1S/C6H12FO/c1-2-8-6-4-3-5-7/h1-6H2. The quantitative estimate of drug-likeness (QED) is 0.499. The minimum atomic E-state index is -0.236. The first-order valence-electron chi connectivity index (χ1n) is 2.84. The van der Waals surface area contributed by atoms with Crippen LogP contribution in [0.1, 0.15) is 12.8 Å². The SMILES string of the molecule is [CH2]COCCCCF. The molecular formula is C6H12FO. The lowest BCUT2D eigenvalue weighted by Gasteiger charge is -1.95. The Labute approximate surface area is 49.8 Å². The van der Waals surface area contributed by atoms with E-state index >= 15 is 0 Å². The van der Waals surface area contributed by atoms with Crippen LogP contribution in [0.15, 0.2) is 0 Å². The van der Waals surface area contributed by atoms with Gasteiger partial charge in [-0.15, -0.1) is 0 Å². The number of rotatable bonds is 5. The maximum atomic E-state index is 11.3. The Morgan fingerprint density at radius 3 is 2.62 bits per heavy atom. The highest BCUT2D eigenvalue weighted by atomic mass is 19.1. The van der Waals surface area contributed by atoms with Crippen LogP contribution in [0.5, 0.6) is 0 Å². The highest BCUT2D eigenvalue weighted by Crippen LogP contribution is 1.89. The molecule has 0 saturated heterocycles. The molecule has 0 atom stereocenters. The monoisotopic (exact) mass is 119 g/mol. The van der Waals surface area contributed by atoms with Gasteiger partial charge in [-0.05, 0) is 19.8 Å². The Bertz CT molecular complexity index is 33.5. The van der Waals surface area contributed by atoms with Gasteiger partial charge >= 0.3 is 0 Å². The Kier molecular flexibility index (Phi) is 6.80. The summed E-state index contributed by atoms with van der Waals surface area (Å²) in [4.78, 5) is 0. The van der Waals surface area contributed by atoms with Crippen molar-refractivity contribution in [1.29, 1.82) is 0 Å². The Morgan fingerprint density at radius 2 is 2.12 bits per heavy atom. The molecule has 0 aliphatic carbocycles. The predicted molar refractivity (Wildman–Crippen MR) is 31.4 cm³/mol. The predicted octanol–water partition coefficient (Wildman–Crippen LogP) is 1.59. The highest BCUT2D eigenvalue weighted by Gasteiger charge is 1.84. The van der Waals surface area contributed by atoms with Gasteiger partial charge in [-0.1, -0.05) is 0 Å². The maximum Gasteiger partial charge on any atom is 0.0895 e. The first kappa shape index (κ1) is 7.89. The highest BCUT2D eigenvalue weighted by molar-refractivity contribution is 4.36. The van der Waals surface area contributed by atoms with Crippen LogP contribution in [0.25, 0.3) is 0 Å². The number of ether oxygens (including phenoxy) is 1. The molecule has 0 saturated carbocycles. The number of hydrogen-bond acceptors (Lipinski definition) is 1. The molecule has 0 aromatic rings. The molecule has 0 aliphatic heterocycles. The molecule has 0 aromatic heterocycles. The molecule has 1 radical (unpaired) electrons. The minimum Gasteiger partial charge on any atom is -0.381 e. The van der Waals surface area contributed by atoms with E-state index in [4.69, 9.17) is 4.74 Å². The van der Waals surface area contributed by atoms with Gasteiger partial charge in [0, 0.05) is 13.2 Å². The summed E-state index contributed by atoms with van der Waals surface area (Å²) in [6, 6.07) is 0. The van der Waals surface area contributed by atoms with Gasteiger partial charge < -0.3 is 4.74 Å². The summed E-state index contributed by atoms with van der Waals surface area (Å²) in [7, 11) is 0. The Balaban J connectivity index is 2.53. The van der Waals surface area contributed by atoms with Crippen LogP contribution in [0.4, 0.5) is 4.39 Å². The first-order valence-corrected chi connectivity index (χ1v) is 2.84. The van der Waals surface area contributed by atoms with E-state index in [0.29, 0.717) is 19.6 Å². The summed E-state index contributed by atoms with van der Waals surface area (Å²) in [6.45, 7) is 4.37. The lowest BCUT2D eigenvalue weighted by atomic mass is 10.3. The van der Waals surface area contributed by atoms with E-state index in [-0.39, 0.29) is 6.67 Å². The van der Waals surface area contributed by atoms with E-state index in [1.807, 2.05) is 0 Å². The third-order valence-electron chi connectivity index (χ3n) is 0.817. The zero-order chi connectivity index (χ0) is 6.24. The summed E-state index contributed by atoms with van der Waals surface area (Å²) in [6.07, 6.45) is 1.42. The Morgan fingerprint density at radius 1 is 1.38 bits per heavy atom. The molecule has 0 unspecified atom stereocenters. The molecule has 0 bridgehead atoms. The van der Waals surface area contributed by atoms with Crippen LogP contribution in [0.2, 0.25) is 0 Å². The zero-order valence-corrected chi connectivity index (χ0v) is 5.03. The van der Waals surface area contributed by atoms with Crippen molar-refractivity contribution in [3.8, 4) is 0 Å². The second kappa shape index (κ2) is 6.89. The minimum absolute atomic E-state index is 0.236. The molecule has 0 heterocycles. The summed E-state index contributed by atoms with van der Waals surface area (Å²) < 4.78 is 16.2. The average Bonchev–Trinajstić information content (AvgIpc) is 1.81. The summed E-state index contributed by atoms with van der Waals surface area (Å²) >= 11 is 0. The molecule has 0 amide bonds. The molecule has 0 aliphatic rings. The lowest BCUT2D eigenvalue weighted by Crippen LogP contribution is -1.93. The van der Waals surface area contributed by atoms with Crippen LogP contribution < -0.4 is 0 Å². The fourth-order valence-corrected chi connectivity index (χ4v) is 0.401. The van der Waals surface area contributed by atoms with Gasteiger partial charge in [0.2, 0.25) is 0 Å². The van der Waals surface area contributed by atoms with Gasteiger partial charge in [0.25, 0.3) is 0 Å². The first-order chi connectivity index (χ1) is 3.91. The largest absolute Gasteiger partial charge is 0.381 e. The molecule has 0 aromatic carbocycles. The molecular weight excluding hydrogens is 107 g/mol. The van der Waals surface area contributed by atoms with Crippen molar-refractivity contribution in [2.75, 3.05) is 19.9 Å². The second-order valence-electron chi connectivity index (χ2n) is 1.51. The van der Waals surface area contributed by atoms with Crippen LogP contribution in [-0.4, -0.2) is 19.9 Å². The lowest BCUT2D eigenvalue weighted by molar-refractivity contribution is 0.154. The van der Waals surface area contributed by atoms with E-state index < -0.39 is 0 Å². The third kappa shape index (κ3) is 5.89. The molecule has 1 nitrogen and oxygen atoms in total. The normalized spacial score (nSPS) is 9.75. The van der Waals surface area contributed by atoms with Gasteiger partial charge in [0.1, 0.15) is 0 Å². The number of unbranched alkanes of at least 4 members (excludes halogenated alkanes) is 1. The number of hydrogen-bond donors (Lipinski definition) is 0. The van der Waals surface area contributed by atoms with E-state index in [1.165, 1.54) is 0 Å². The topological polar surface area (TPSA) is 9.23 Å². The van der Waals surface area contributed by atoms with E-state index in [0.717, 1.165) is 6.42 Å². The molecule has 8 heavy (non-hydrogen) atoms. The van der Waals surface area contributed by atoms with Crippen molar-refractivity contribution in [3.05, 3.63) is 6.92 Å². The van der Waals surface area contributed by atoms with Crippen LogP contribution in [0.3, 0.4) is 0 Å². The number of halogens is 1. The molecule has 49 valence electrons. The van der Waals surface area contributed by atoms with Crippen LogP contribution >= 0.6 is 0 Å². The summed E-state index contributed by atoms with van der Waals surface area (Å²) in [5.41, 5.74) is 0. The van der Waals surface area contributed by atoms with Crippen LogP contribution in [-0.2, 0) is 4.74 Å². The number of alkyl halides is 1. The molecule has 0 fully saturated rings. The molecule has 0 spiro atoms. The molecule has 2 heteroatoms. The molecule has 0 N–H and O–H groups in total. The van der Waals surface area contributed by atoms with Crippen molar-refractivity contribution >= 4 is 0 Å². The van der Waals surface area contributed by atoms with E-state index in [1.54, 1.807) is 0 Å². The second-order valence-corrected chi connectivity index (χ2v) is 1.51. The fraction of sp³-hybridized carbons (Fsp3) is 0.833. The van der Waals surface area contributed by atoms with E-state index in [9.17, 15) is 4.39 Å². The van der Waals surface area contributed by atoms with Crippen molar-refractivity contribution in [2.24, 2.45) is 0 Å². The average molecular weight is 119 g/mol. The van der Waals surface area contributed by atoms with Crippen molar-refractivity contribution in [2.45, 2.75) is 12.8 Å². The zero-order valence-electron chi connectivity index (χ0n) is 5.03. The van der Waals surface area contributed by atoms with E-state index in [2.05, 4.69) is 6.92 Å². The van der Waals surface area contributed by atoms with Gasteiger partial charge in [-0.2, -0.15) is 0 Å². The summed E-state index contributed by atoms with van der Waals surface area (Å²) in [5, 5.41) is 0. The van der Waals surface area contributed by atoms with Crippen LogP contribution in [0, 0.1) is 6.92 Å². The van der Waals surface area contributed by atoms with Crippen molar-refractivity contribution in [1.82, 2.24) is 0 Å². The van der Waals surface area contributed by atoms with Gasteiger partial charge in [-0.25, -0.2) is 0 Å². The van der Waals surface area contributed by atoms with Crippen molar-refractivity contribution < 1.29 is 9.13 Å². The van der Waals surface area contributed by atoms with Crippen molar-refractivity contribution in [3.63, 3.8) is 0 Å². The Hall–Kier alpha value is -0.110. The summed E-state index contributed by atoms with van der Waals surface area (Å²) in [5.74, 6) is 0.